The fourth-order valence-electron chi connectivity index (χ4n) is 3.08. The number of benzene rings is 2. The van der Waals surface area contributed by atoms with E-state index in [1.54, 1.807) is 24.8 Å². The number of aromatic nitrogens is 1. The van der Waals surface area contributed by atoms with E-state index in [0.717, 1.165) is 24.1 Å². The van der Waals surface area contributed by atoms with Crippen LogP contribution in [0.15, 0.2) is 59.4 Å². The molecule has 0 saturated heterocycles. The van der Waals surface area contributed by atoms with Crippen molar-refractivity contribution in [1.29, 1.82) is 0 Å². The molecule has 0 spiro atoms. The predicted octanol–water partition coefficient (Wildman–Crippen LogP) is 4.54. The van der Waals surface area contributed by atoms with Crippen molar-refractivity contribution in [3.8, 4) is 11.5 Å². The van der Waals surface area contributed by atoms with Crippen LogP contribution < -0.4 is 9.47 Å². The van der Waals surface area contributed by atoms with Crippen LogP contribution in [0.3, 0.4) is 0 Å². The number of hydrogen-bond donors (Lipinski definition) is 0. The molecular weight excluding hydrogens is 372 g/mol. The van der Waals surface area contributed by atoms with Crippen molar-refractivity contribution in [2.24, 2.45) is 0 Å². The number of thiazole rings is 1. The molecule has 144 valence electrons. The highest BCUT2D eigenvalue weighted by atomic mass is 32.1. The third kappa shape index (κ3) is 4.34. The summed E-state index contributed by atoms with van der Waals surface area (Å²) < 4.78 is 11.3. The zero-order valence-corrected chi connectivity index (χ0v) is 16.5. The van der Waals surface area contributed by atoms with E-state index in [-0.39, 0.29) is 5.91 Å². The topological polar surface area (TPSA) is 51.7 Å². The number of carbonyl (C=O) groups is 1. The summed E-state index contributed by atoms with van der Waals surface area (Å²) in [6.07, 6.45) is 2.12. The van der Waals surface area contributed by atoms with Gasteiger partial charge in [0.25, 0.3) is 5.91 Å². The van der Waals surface area contributed by atoms with Crippen molar-refractivity contribution in [3.63, 3.8) is 0 Å². The van der Waals surface area contributed by atoms with Gasteiger partial charge in [-0.1, -0.05) is 30.3 Å². The van der Waals surface area contributed by atoms with Gasteiger partial charge in [-0.3, -0.25) is 4.79 Å². The summed E-state index contributed by atoms with van der Waals surface area (Å²) in [6.45, 7) is 0.990. The number of carbonyl (C=O) groups excluding carboxylic acids is 1. The molecule has 1 heterocycles. The Balaban J connectivity index is 1.51. The Morgan fingerprint density at radius 3 is 2.68 bits per heavy atom. The zero-order chi connectivity index (χ0) is 19.3. The molecule has 4 rings (SSSR count). The Hall–Kier alpha value is -2.86. The molecule has 0 N–H and O–H groups in total. The average molecular weight is 394 g/mol. The lowest BCUT2D eigenvalue weighted by Crippen LogP contribution is -2.32. The van der Waals surface area contributed by atoms with Gasteiger partial charge >= 0.3 is 0 Å². The highest BCUT2D eigenvalue weighted by molar-refractivity contribution is 7.07. The Kier molecular flexibility index (Phi) is 5.58. The van der Waals surface area contributed by atoms with Crippen molar-refractivity contribution < 1.29 is 14.3 Å². The van der Waals surface area contributed by atoms with Crippen molar-refractivity contribution >= 4 is 17.2 Å². The lowest BCUT2D eigenvalue weighted by molar-refractivity contribution is 0.0729. The Morgan fingerprint density at radius 2 is 2.00 bits per heavy atom. The van der Waals surface area contributed by atoms with Crippen LogP contribution in [-0.4, -0.2) is 28.9 Å². The van der Waals surface area contributed by atoms with Crippen LogP contribution in [0.4, 0.5) is 0 Å². The van der Waals surface area contributed by atoms with E-state index in [0.29, 0.717) is 36.3 Å². The minimum absolute atomic E-state index is 0.0238. The second-order valence-corrected chi connectivity index (χ2v) is 7.50. The minimum Gasteiger partial charge on any atom is -0.493 e. The number of nitrogens with zero attached hydrogens (tertiary/aromatic N) is 2. The van der Waals surface area contributed by atoms with Crippen LogP contribution in [0.2, 0.25) is 0 Å². The van der Waals surface area contributed by atoms with Crippen molar-refractivity contribution in [3.05, 3.63) is 76.2 Å². The molecule has 1 aliphatic rings. The first-order valence-corrected chi connectivity index (χ1v) is 10.2. The van der Waals surface area contributed by atoms with Gasteiger partial charge in [-0.2, -0.15) is 0 Å². The highest BCUT2D eigenvalue weighted by Crippen LogP contribution is 2.33. The van der Waals surface area contributed by atoms with E-state index in [1.807, 2.05) is 34.5 Å². The van der Waals surface area contributed by atoms with Crippen LogP contribution in [-0.2, 0) is 13.2 Å². The molecule has 0 bridgehead atoms. The first kappa shape index (κ1) is 18.5. The van der Waals surface area contributed by atoms with Gasteiger partial charge in [0.05, 0.1) is 18.3 Å². The Bertz CT molecular complexity index is 924. The second-order valence-electron chi connectivity index (χ2n) is 6.78. The smallest absolute Gasteiger partial charge is 0.254 e. The summed E-state index contributed by atoms with van der Waals surface area (Å²) in [6, 6.07) is 15.8. The van der Waals surface area contributed by atoms with E-state index < -0.39 is 0 Å². The van der Waals surface area contributed by atoms with Gasteiger partial charge in [-0.15, -0.1) is 11.3 Å². The quantitative estimate of drug-likeness (QED) is 0.563. The predicted molar refractivity (Wildman–Crippen MR) is 109 cm³/mol. The summed E-state index contributed by atoms with van der Waals surface area (Å²) in [7, 11) is 1.59. The summed E-state index contributed by atoms with van der Waals surface area (Å²) in [5.41, 5.74) is 4.39. The largest absolute Gasteiger partial charge is 0.493 e. The van der Waals surface area contributed by atoms with Crippen LogP contribution in [0, 0.1) is 0 Å². The van der Waals surface area contributed by atoms with Gasteiger partial charge in [0.1, 0.15) is 6.61 Å². The molecular formula is C22H22N2O3S. The van der Waals surface area contributed by atoms with Gasteiger partial charge in [-0.25, -0.2) is 4.98 Å². The Labute approximate surface area is 168 Å². The fraction of sp³-hybridized carbons (Fsp3) is 0.273. The van der Waals surface area contributed by atoms with E-state index in [2.05, 4.69) is 17.1 Å². The second kappa shape index (κ2) is 8.44. The number of hydrogen-bond acceptors (Lipinski definition) is 5. The summed E-state index contributed by atoms with van der Waals surface area (Å²) in [4.78, 5) is 19.3. The van der Waals surface area contributed by atoms with Crippen LogP contribution in [0.5, 0.6) is 11.5 Å². The number of methoxy groups -OCH3 is 1. The molecule has 1 saturated carbocycles. The summed E-state index contributed by atoms with van der Waals surface area (Å²) >= 11 is 1.53. The molecule has 0 unspecified atom stereocenters. The lowest BCUT2D eigenvalue weighted by Gasteiger charge is -2.23. The molecule has 1 aliphatic carbocycles. The monoisotopic (exact) mass is 394 g/mol. The maximum Gasteiger partial charge on any atom is 0.254 e. The Morgan fingerprint density at radius 1 is 1.18 bits per heavy atom. The first-order valence-electron chi connectivity index (χ1n) is 9.27. The van der Waals surface area contributed by atoms with E-state index >= 15 is 0 Å². The molecule has 2 aromatic carbocycles. The number of ether oxygens (including phenoxy) is 2. The normalized spacial score (nSPS) is 13.2. The molecule has 0 radical (unpaired) electrons. The molecule has 0 atom stereocenters. The zero-order valence-electron chi connectivity index (χ0n) is 15.7. The first-order chi connectivity index (χ1) is 13.7. The maximum atomic E-state index is 13.2. The van der Waals surface area contributed by atoms with Crippen molar-refractivity contribution in [2.75, 3.05) is 7.11 Å². The minimum atomic E-state index is 0.0238. The molecule has 0 aliphatic heterocycles. The molecule has 1 fully saturated rings. The van der Waals surface area contributed by atoms with Gasteiger partial charge in [0.2, 0.25) is 0 Å². The molecule has 1 amide bonds. The van der Waals surface area contributed by atoms with Crippen LogP contribution in [0.25, 0.3) is 0 Å². The van der Waals surface area contributed by atoms with Crippen LogP contribution in [0.1, 0.15) is 34.5 Å². The van der Waals surface area contributed by atoms with E-state index in [9.17, 15) is 4.79 Å². The van der Waals surface area contributed by atoms with Crippen molar-refractivity contribution in [2.45, 2.75) is 32.0 Å². The summed E-state index contributed by atoms with van der Waals surface area (Å²) in [5.74, 6) is 1.18. The number of rotatable bonds is 8. The van der Waals surface area contributed by atoms with E-state index in [1.165, 1.54) is 11.3 Å². The molecule has 5 nitrogen and oxygen atoms in total. The van der Waals surface area contributed by atoms with Gasteiger partial charge in [-0.05, 0) is 36.6 Å². The molecule has 3 aromatic rings. The van der Waals surface area contributed by atoms with Gasteiger partial charge in [0.15, 0.2) is 11.5 Å². The molecule has 6 heteroatoms. The fourth-order valence-corrected chi connectivity index (χ4v) is 3.62. The standard InChI is InChI=1S/C22H22N2O3S/c1-26-21-11-17(7-10-20(21)27-13-18-14-28-15-23-18)22(25)24(19-8-9-19)12-16-5-3-2-4-6-16/h2-7,10-11,14-15,19H,8-9,12-13H2,1H3. The summed E-state index contributed by atoms with van der Waals surface area (Å²) in [5, 5.41) is 1.95. The van der Waals surface area contributed by atoms with E-state index in [4.69, 9.17) is 9.47 Å². The molecule has 1 aromatic heterocycles. The third-order valence-electron chi connectivity index (χ3n) is 4.71. The SMILES string of the molecule is COc1cc(C(=O)N(Cc2ccccc2)C2CC2)ccc1OCc1cscn1. The van der Waals surface area contributed by atoms with Crippen molar-refractivity contribution in [1.82, 2.24) is 9.88 Å². The van der Waals surface area contributed by atoms with Crippen LogP contribution >= 0.6 is 11.3 Å². The third-order valence-corrected chi connectivity index (χ3v) is 5.35. The highest BCUT2D eigenvalue weighted by Gasteiger charge is 2.33. The van der Waals surface area contributed by atoms with Gasteiger partial charge in [0, 0.05) is 23.5 Å². The maximum absolute atomic E-state index is 13.2. The van der Waals surface area contributed by atoms with Gasteiger partial charge < -0.3 is 14.4 Å². The average Bonchev–Trinajstić information content (AvgIpc) is 3.45. The molecule has 28 heavy (non-hydrogen) atoms. The number of amides is 1. The lowest BCUT2D eigenvalue weighted by atomic mass is 10.1.